The minimum atomic E-state index is -4.50. The number of benzene rings is 1. The van der Waals surface area contributed by atoms with Crippen molar-refractivity contribution in [3.8, 4) is 0 Å². The van der Waals surface area contributed by atoms with E-state index in [1.807, 2.05) is 18.2 Å². The van der Waals surface area contributed by atoms with Gasteiger partial charge in [-0.25, -0.2) is 9.78 Å². The number of pyridine rings is 1. The zero-order valence-corrected chi connectivity index (χ0v) is 17.0. The number of aromatic nitrogens is 1. The average molecular weight is 418 g/mol. The minimum Gasteiger partial charge on any atom is -0.330 e. The molecule has 5 nitrogen and oxygen atoms in total. The van der Waals surface area contributed by atoms with E-state index in [1.54, 1.807) is 0 Å². The van der Waals surface area contributed by atoms with Gasteiger partial charge in [0.25, 0.3) is 0 Å². The smallest absolute Gasteiger partial charge is 0.330 e. The summed E-state index contributed by atoms with van der Waals surface area (Å²) in [5.74, 6) is 0. The van der Waals surface area contributed by atoms with Crippen molar-refractivity contribution in [3.05, 3.63) is 59.9 Å². The second kappa shape index (κ2) is 7.27. The van der Waals surface area contributed by atoms with E-state index in [4.69, 9.17) is 0 Å². The van der Waals surface area contributed by atoms with Crippen LogP contribution in [0.5, 0.6) is 0 Å². The molecule has 2 aromatic rings. The molecule has 1 aliphatic carbocycles. The number of rotatable bonds is 3. The minimum absolute atomic E-state index is 0.0967. The van der Waals surface area contributed by atoms with Gasteiger partial charge >= 0.3 is 12.2 Å². The number of anilines is 1. The van der Waals surface area contributed by atoms with Crippen molar-refractivity contribution in [1.82, 2.24) is 15.2 Å². The monoisotopic (exact) mass is 418 g/mol. The first-order valence-corrected chi connectivity index (χ1v) is 10.0. The highest BCUT2D eigenvalue weighted by atomic mass is 19.4. The van der Waals surface area contributed by atoms with Gasteiger partial charge in [-0.05, 0) is 57.5 Å². The Morgan fingerprint density at radius 3 is 2.23 bits per heavy atom. The van der Waals surface area contributed by atoms with Crippen LogP contribution in [0.3, 0.4) is 0 Å². The molecule has 0 radical (unpaired) electrons. The molecule has 0 unspecified atom stereocenters. The molecule has 1 aromatic carbocycles. The number of nitrogens with zero attached hydrogens (tertiary/aromatic N) is 3. The molecule has 1 aliphatic heterocycles. The van der Waals surface area contributed by atoms with Gasteiger partial charge < -0.3 is 5.32 Å². The molecule has 2 heterocycles. The molecule has 2 amide bonds. The quantitative estimate of drug-likeness (QED) is 0.804. The Morgan fingerprint density at radius 1 is 1.03 bits per heavy atom. The van der Waals surface area contributed by atoms with Crippen molar-refractivity contribution in [2.75, 3.05) is 25.5 Å². The van der Waals surface area contributed by atoms with Crippen LogP contribution < -0.4 is 10.2 Å². The maximum Gasteiger partial charge on any atom is 0.433 e. The van der Waals surface area contributed by atoms with Crippen molar-refractivity contribution in [2.45, 2.75) is 42.9 Å². The van der Waals surface area contributed by atoms with Crippen LogP contribution in [-0.4, -0.2) is 42.1 Å². The predicted octanol–water partition coefficient (Wildman–Crippen LogP) is 4.40. The number of urea groups is 1. The van der Waals surface area contributed by atoms with E-state index in [1.165, 1.54) is 16.5 Å². The Hall–Kier alpha value is -2.61. The molecule has 2 aliphatic rings. The fraction of sp³-hybridized carbons (Fsp3) is 0.455. The summed E-state index contributed by atoms with van der Waals surface area (Å²) >= 11 is 0. The fourth-order valence-corrected chi connectivity index (χ4v) is 4.80. The maximum atomic E-state index is 12.8. The third-order valence-electron chi connectivity index (χ3n) is 6.63. The topological polar surface area (TPSA) is 48.5 Å². The van der Waals surface area contributed by atoms with Gasteiger partial charge in [-0.3, -0.25) is 9.80 Å². The molecule has 8 heteroatoms. The van der Waals surface area contributed by atoms with Crippen LogP contribution in [-0.2, 0) is 11.7 Å². The van der Waals surface area contributed by atoms with Gasteiger partial charge in [0.05, 0.1) is 24.0 Å². The molecular formula is C22H25F3N4O. The van der Waals surface area contributed by atoms with Gasteiger partial charge in [-0.2, -0.15) is 13.2 Å². The molecule has 4 rings (SSSR count). The molecule has 0 atom stereocenters. The van der Waals surface area contributed by atoms with Crippen LogP contribution in [0.2, 0.25) is 0 Å². The summed E-state index contributed by atoms with van der Waals surface area (Å²) in [5.41, 5.74) is 0.203. The number of carbonyl (C=O) groups excluding carboxylic acids is 1. The van der Waals surface area contributed by atoms with Gasteiger partial charge in [-0.15, -0.1) is 0 Å². The Labute approximate surface area is 173 Å². The van der Waals surface area contributed by atoms with Gasteiger partial charge in [0.15, 0.2) is 0 Å². The number of hydrogen-bond donors (Lipinski definition) is 1. The molecule has 2 fully saturated rings. The Bertz CT molecular complexity index is 904. The second-order valence-corrected chi connectivity index (χ2v) is 8.49. The zero-order chi connectivity index (χ0) is 21.6. The first kappa shape index (κ1) is 20.7. The standard InChI is InChI=1S/C22H25F3N4O/c1-28(2)21(16-6-4-3-5-7-16)12-10-20(11-13-21)15-29(19(30)27-20)17-8-9-18(26-14-17)22(23,24)25/h3-9,14H,10-13,15H2,1-2H3,(H,27,30)/t20-,21+. The van der Waals surface area contributed by atoms with Gasteiger partial charge in [0, 0.05) is 5.54 Å². The number of alkyl halides is 3. The molecule has 1 N–H and O–H groups in total. The summed E-state index contributed by atoms with van der Waals surface area (Å²) < 4.78 is 38.3. The second-order valence-electron chi connectivity index (χ2n) is 8.49. The van der Waals surface area contributed by atoms with E-state index in [9.17, 15) is 18.0 Å². The lowest BCUT2D eigenvalue weighted by atomic mass is 9.69. The first-order chi connectivity index (χ1) is 14.2. The summed E-state index contributed by atoms with van der Waals surface area (Å²) in [6.07, 6.45) is -0.0405. The van der Waals surface area contributed by atoms with E-state index in [-0.39, 0.29) is 17.1 Å². The van der Waals surface area contributed by atoms with Crippen LogP contribution in [0, 0.1) is 0 Å². The van der Waals surface area contributed by atoms with Gasteiger partial charge in [0.1, 0.15) is 5.69 Å². The van der Waals surface area contributed by atoms with Crippen molar-refractivity contribution in [3.63, 3.8) is 0 Å². The predicted molar refractivity (Wildman–Crippen MR) is 108 cm³/mol. The summed E-state index contributed by atoms with van der Waals surface area (Å²) in [4.78, 5) is 19.9. The number of amides is 2. The fourth-order valence-electron chi connectivity index (χ4n) is 4.80. The van der Waals surface area contributed by atoms with Crippen LogP contribution >= 0.6 is 0 Å². The van der Waals surface area contributed by atoms with E-state index in [2.05, 4.69) is 41.4 Å². The molecule has 1 saturated heterocycles. The summed E-state index contributed by atoms with van der Waals surface area (Å²) in [6, 6.07) is 12.3. The Balaban J connectivity index is 1.52. The van der Waals surface area contributed by atoms with Crippen molar-refractivity contribution in [1.29, 1.82) is 0 Å². The lowest BCUT2D eigenvalue weighted by Gasteiger charge is -2.48. The highest BCUT2D eigenvalue weighted by Crippen LogP contribution is 2.46. The Kier molecular flexibility index (Phi) is 5.00. The maximum absolute atomic E-state index is 12.8. The number of carbonyl (C=O) groups is 1. The summed E-state index contributed by atoms with van der Waals surface area (Å²) in [7, 11) is 4.16. The van der Waals surface area contributed by atoms with Gasteiger partial charge in [-0.1, -0.05) is 30.3 Å². The van der Waals surface area contributed by atoms with Crippen molar-refractivity contribution >= 4 is 11.7 Å². The zero-order valence-electron chi connectivity index (χ0n) is 17.0. The van der Waals surface area contributed by atoms with Crippen molar-refractivity contribution in [2.24, 2.45) is 0 Å². The number of halogens is 3. The van der Waals surface area contributed by atoms with Crippen LogP contribution in [0.15, 0.2) is 48.7 Å². The highest BCUT2D eigenvalue weighted by Gasteiger charge is 2.50. The highest BCUT2D eigenvalue weighted by molar-refractivity contribution is 5.95. The molecule has 0 bridgehead atoms. The van der Waals surface area contributed by atoms with Gasteiger partial charge in [0.2, 0.25) is 0 Å². The molecule has 1 aromatic heterocycles. The van der Waals surface area contributed by atoms with E-state index < -0.39 is 11.9 Å². The normalized spacial score (nSPS) is 27.0. The number of hydrogen-bond acceptors (Lipinski definition) is 3. The van der Waals surface area contributed by atoms with E-state index in [0.717, 1.165) is 37.9 Å². The molecule has 160 valence electrons. The molecule has 1 saturated carbocycles. The van der Waals surface area contributed by atoms with E-state index >= 15 is 0 Å². The lowest BCUT2D eigenvalue weighted by molar-refractivity contribution is -0.141. The third kappa shape index (κ3) is 3.53. The summed E-state index contributed by atoms with van der Waals surface area (Å²) in [6.45, 7) is 0.428. The SMILES string of the molecule is CN(C)[C@]1(c2ccccc2)CC[C@]2(CC1)CN(c1ccc(C(F)(F)F)nc1)C(=O)N2. The molecule has 1 spiro atoms. The molecular weight excluding hydrogens is 393 g/mol. The summed E-state index contributed by atoms with van der Waals surface area (Å²) in [5, 5.41) is 3.11. The number of nitrogens with one attached hydrogen (secondary N) is 1. The lowest BCUT2D eigenvalue weighted by Crippen LogP contribution is -2.54. The van der Waals surface area contributed by atoms with Crippen LogP contribution in [0.1, 0.15) is 36.9 Å². The van der Waals surface area contributed by atoms with Crippen LogP contribution in [0.4, 0.5) is 23.7 Å². The van der Waals surface area contributed by atoms with Crippen LogP contribution in [0.25, 0.3) is 0 Å². The average Bonchev–Trinajstić information content (AvgIpc) is 3.04. The van der Waals surface area contributed by atoms with Crippen molar-refractivity contribution < 1.29 is 18.0 Å². The largest absolute Gasteiger partial charge is 0.433 e. The Morgan fingerprint density at radius 2 is 1.70 bits per heavy atom. The molecule has 30 heavy (non-hydrogen) atoms. The third-order valence-corrected chi connectivity index (χ3v) is 6.63. The van der Waals surface area contributed by atoms with E-state index in [0.29, 0.717) is 12.2 Å². The first-order valence-electron chi connectivity index (χ1n) is 10.0.